The van der Waals surface area contributed by atoms with Crippen molar-refractivity contribution in [1.29, 1.82) is 0 Å². The van der Waals surface area contributed by atoms with Crippen LogP contribution in [0.15, 0.2) is 24.5 Å². The van der Waals surface area contributed by atoms with E-state index in [1.165, 1.54) is 0 Å². The highest BCUT2D eigenvalue weighted by Gasteiger charge is 2.34. The Balaban J connectivity index is 1.67. The molecule has 0 spiro atoms. The number of rotatable bonds is 5. The summed E-state index contributed by atoms with van der Waals surface area (Å²) >= 11 is 0. The summed E-state index contributed by atoms with van der Waals surface area (Å²) in [4.78, 5) is 19.4. The Morgan fingerprint density at radius 2 is 2.29 bits per heavy atom. The molecule has 2 aromatic rings. The molecule has 7 heteroatoms. The van der Waals surface area contributed by atoms with Crippen LogP contribution in [0.4, 0.5) is 4.39 Å². The molecule has 2 aromatic heterocycles. The fourth-order valence-corrected chi connectivity index (χ4v) is 3.36. The van der Waals surface area contributed by atoms with Crippen LogP contribution in [0.2, 0.25) is 0 Å². The minimum atomic E-state index is -0.847. The summed E-state index contributed by atoms with van der Waals surface area (Å²) in [5.41, 5.74) is 2.57. The molecule has 0 saturated carbocycles. The first kappa shape index (κ1) is 16.7. The van der Waals surface area contributed by atoms with Crippen molar-refractivity contribution in [2.45, 2.75) is 32.1 Å². The van der Waals surface area contributed by atoms with Gasteiger partial charge in [-0.15, -0.1) is 0 Å². The second kappa shape index (κ2) is 6.76. The highest BCUT2D eigenvalue weighted by Crippen LogP contribution is 2.23. The van der Waals surface area contributed by atoms with E-state index >= 15 is 0 Å². The van der Waals surface area contributed by atoms with Crippen LogP contribution in [0.5, 0.6) is 0 Å². The number of carbonyl (C=O) groups excluding carboxylic acids is 1. The molecule has 1 N–H and O–H groups in total. The summed E-state index contributed by atoms with van der Waals surface area (Å²) in [6.45, 7) is 3.44. The van der Waals surface area contributed by atoms with Crippen LogP contribution in [-0.4, -0.2) is 62.8 Å². The lowest BCUT2D eigenvalue weighted by molar-refractivity contribution is 0.0748. The molecule has 1 aliphatic heterocycles. The number of carbonyl (C=O) groups is 1. The average molecular weight is 333 g/mol. The maximum absolute atomic E-state index is 14.0. The van der Waals surface area contributed by atoms with Crippen LogP contribution in [0.3, 0.4) is 0 Å². The number of halogens is 1. The van der Waals surface area contributed by atoms with Gasteiger partial charge in [0, 0.05) is 57.9 Å². The van der Waals surface area contributed by atoms with Crippen LogP contribution >= 0.6 is 0 Å². The lowest BCUT2D eigenvalue weighted by Crippen LogP contribution is -2.41. The number of nitrogens with one attached hydrogen (secondary N) is 1. The van der Waals surface area contributed by atoms with E-state index in [4.69, 9.17) is 0 Å². The molecule has 1 saturated heterocycles. The fourth-order valence-electron chi connectivity index (χ4n) is 3.36. The smallest absolute Gasteiger partial charge is 0.255 e. The summed E-state index contributed by atoms with van der Waals surface area (Å²) in [5.74, 6) is -0.0310. The van der Waals surface area contributed by atoms with Gasteiger partial charge in [0.15, 0.2) is 0 Å². The Morgan fingerprint density at radius 3 is 2.92 bits per heavy atom. The predicted octanol–water partition coefficient (Wildman–Crippen LogP) is 1.74. The van der Waals surface area contributed by atoms with Gasteiger partial charge in [-0.1, -0.05) is 0 Å². The zero-order valence-electron chi connectivity index (χ0n) is 14.4. The van der Waals surface area contributed by atoms with Gasteiger partial charge in [0.1, 0.15) is 6.17 Å². The Labute approximate surface area is 141 Å². The van der Waals surface area contributed by atoms with Crippen molar-refractivity contribution in [2.75, 3.05) is 20.1 Å². The van der Waals surface area contributed by atoms with Crippen molar-refractivity contribution >= 4 is 5.91 Å². The van der Waals surface area contributed by atoms with E-state index in [1.54, 1.807) is 35.1 Å². The number of hydrogen-bond acceptors (Lipinski definition) is 3. The lowest BCUT2D eigenvalue weighted by atomic mass is 10.1. The first-order chi connectivity index (χ1) is 11.5. The van der Waals surface area contributed by atoms with E-state index in [1.807, 2.05) is 20.0 Å². The topological polar surface area (TPSA) is 57.2 Å². The maximum atomic E-state index is 14.0. The van der Waals surface area contributed by atoms with E-state index in [0.29, 0.717) is 31.6 Å². The standard InChI is InChI=1S/C17H24FN5O/c1-12-16(5-6-19-12)17(24)21(2)10-15-8-13(18)9-23(15)11-14-4-7-20-22(14)3/h4-7,13,15,19H,8-11H2,1-3H3/t13-,15-/m0/s1. The van der Waals surface area contributed by atoms with Gasteiger partial charge in [-0.05, 0) is 25.5 Å². The molecule has 1 fully saturated rings. The number of likely N-dealkylation sites (N-methyl/N-ethyl adjacent to an activating group) is 1. The summed E-state index contributed by atoms with van der Waals surface area (Å²) in [5, 5.41) is 4.16. The third-order valence-electron chi connectivity index (χ3n) is 4.78. The summed E-state index contributed by atoms with van der Waals surface area (Å²) in [6.07, 6.45) is 3.12. The number of aromatic nitrogens is 3. The van der Waals surface area contributed by atoms with Crippen LogP contribution in [0, 0.1) is 6.92 Å². The lowest BCUT2D eigenvalue weighted by Gasteiger charge is -2.28. The van der Waals surface area contributed by atoms with E-state index in [0.717, 1.165) is 11.4 Å². The molecule has 2 atom stereocenters. The third-order valence-corrected chi connectivity index (χ3v) is 4.78. The molecule has 1 aliphatic rings. The largest absolute Gasteiger partial charge is 0.365 e. The quantitative estimate of drug-likeness (QED) is 0.907. The second-order valence-electron chi connectivity index (χ2n) is 6.56. The van der Waals surface area contributed by atoms with Gasteiger partial charge >= 0.3 is 0 Å². The molecular weight excluding hydrogens is 309 g/mol. The highest BCUT2D eigenvalue weighted by molar-refractivity contribution is 5.95. The van der Waals surface area contributed by atoms with Crippen molar-refractivity contribution in [3.63, 3.8) is 0 Å². The molecule has 24 heavy (non-hydrogen) atoms. The van der Waals surface area contributed by atoms with Gasteiger partial charge in [-0.25, -0.2) is 4.39 Å². The number of alkyl halides is 1. The van der Waals surface area contributed by atoms with E-state index < -0.39 is 6.17 Å². The normalized spacial score (nSPS) is 21.3. The zero-order valence-corrected chi connectivity index (χ0v) is 14.4. The second-order valence-corrected chi connectivity index (χ2v) is 6.56. The zero-order chi connectivity index (χ0) is 17.3. The number of nitrogens with zero attached hydrogens (tertiary/aromatic N) is 4. The van der Waals surface area contributed by atoms with Crippen LogP contribution < -0.4 is 0 Å². The van der Waals surface area contributed by atoms with Crippen molar-refractivity contribution in [3.8, 4) is 0 Å². The SMILES string of the molecule is Cc1[nH]ccc1C(=O)N(C)C[C@@H]1C[C@H](F)CN1Cc1ccnn1C. The average Bonchev–Trinajstić information content (AvgIpc) is 3.22. The van der Waals surface area contributed by atoms with Gasteiger partial charge in [-0.2, -0.15) is 5.10 Å². The predicted molar refractivity (Wildman–Crippen MR) is 89.4 cm³/mol. The summed E-state index contributed by atoms with van der Waals surface area (Å²) < 4.78 is 15.8. The van der Waals surface area contributed by atoms with Crippen LogP contribution in [0.1, 0.15) is 28.2 Å². The Morgan fingerprint density at radius 1 is 1.50 bits per heavy atom. The minimum Gasteiger partial charge on any atom is -0.365 e. The van der Waals surface area contributed by atoms with Crippen molar-refractivity contribution < 1.29 is 9.18 Å². The van der Waals surface area contributed by atoms with E-state index in [-0.39, 0.29) is 11.9 Å². The van der Waals surface area contributed by atoms with Gasteiger partial charge in [0.2, 0.25) is 0 Å². The molecule has 0 aromatic carbocycles. The van der Waals surface area contributed by atoms with Crippen LogP contribution in [-0.2, 0) is 13.6 Å². The maximum Gasteiger partial charge on any atom is 0.255 e. The van der Waals surface area contributed by atoms with Crippen molar-refractivity contribution in [1.82, 2.24) is 24.6 Å². The Kier molecular flexibility index (Phi) is 4.71. The molecule has 3 heterocycles. The molecule has 130 valence electrons. The van der Waals surface area contributed by atoms with Gasteiger partial charge in [-0.3, -0.25) is 14.4 Å². The first-order valence-electron chi connectivity index (χ1n) is 8.20. The fraction of sp³-hybridized carbons (Fsp3) is 0.529. The van der Waals surface area contributed by atoms with Crippen LogP contribution in [0.25, 0.3) is 0 Å². The Hall–Kier alpha value is -2.15. The summed E-state index contributed by atoms with van der Waals surface area (Å²) in [6, 6.07) is 3.75. The molecule has 1 amide bonds. The monoisotopic (exact) mass is 333 g/mol. The number of H-pyrrole nitrogens is 1. The van der Waals surface area contributed by atoms with Crippen molar-refractivity contribution in [3.05, 3.63) is 41.5 Å². The number of aryl methyl sites for hydroxylation is 2. The van der Waals surface area contributed by atoms with Gasteiger partial charge in [0.25, 0.3) is 5.91 Å². The number of aromatic amines is 1. The van der Waals surface area contributed by atoms with Gasteiger partial charge in [0.05, 0.1) is 11.3 Å². The number of amides is 1. The van der Waals surface area contributed by atoms with E-state index in [2.05, 4.69) is 15.0 Å². The molecule has 0 unspecified atom stereocenters. The molecule has 3 rings (SSSR count). The molecule has 6 nitrogen and oxygen atoms in total. The van der Waals surface area contributed by atoms with Gasteiger partial charge < -0.3 is 9.88 Å². The number of likely N-dealkylation sites (tertiary alicyclic amines) is 1. The molecule has 0 aliphatic carbocycles. The molecule has 0 radical (unpaired) electrons. The Bertz CT molecular complexity index is 709. The third kappa shape index (κ3) is 3.36. The van der Waals surface area contributed by atoms with Crippen molar-refractivity contribution in [2.24, 2.45) is 7.05 Å². The van der Waals surface area contributed by atoms with E-state index in [9.17, 15) is 9.18 Å². The molecule has 0 bridgehead atoms. The first-order valence-corrected chi connectivity index (χ1v) is 8.20. The summed E-state index contributed by atoms with van der Waals surface area (Å²) in [7, 11) is 3.67. The minimum absolute atomic E-state index is 0.0168. The number of hydrogen-bond donors (Lipinski definition) is 1. The molecular formula is C17H24FN5O. The highest BCUT2D eigenvalue weighted by atomic mass is 19.1.